The lowest BCUT2D eigenvalue weighted by Gasteiger charge is -2.21. The molecule has 13 nitrogen and oxygen atoms in total. The summed E-state index contributed by atoms with van der Waals surface area (Å²) in [5.74, 6) is -1.99. The highest BCUT2D eigenvalue weighted by atomic mass is 35.5. The first-order chi connectivity index (χ1) is 22.0. The van der Waals surface area contributed by atoms with Crippen LogP contribution in [-0.2, 0) is 37.1 Å². The molecule has 0 atom stereocenters. The summed E-state index contributed by atoms with van der Waals surface area (Å²) in [7, 11) is 1.49. The lowest BCUT2D eigenvalue weighted by atomic mass is 10.2. The molecule has 15 heteroatoms. The van der Waals surface area contributed by atoms with Gasteiger partial charge in [0.2, 0.25) is 17.7 Å². The summed E-state index contributed by atoms with van der Waals surface area (Å²) in [5, 5.41) is 5.47. The molecule has 4 rings (SSSR count). The van der Waals surface area contributed by atoms with Crippen LogP contribution >= 0.6 is 23.2 Å². The monoisotopic (exact) mass is 669 g/mol. The molecular formula is C31H29Cl2N5O8. The summed E-state index contributed by atoms with van der Waals surface area (Å²) >= 11 is 13.1. The maximum atomic E-state index is 12.9. The van der Waals surface area contributed by atoms with Gasteiger partial charge in [0.25, 0.3) is 0 Å². The molecule has 0 spiro atoms. The molecule has 46 heavy (non-hydrogen) atoms. The fraction of sp³-hybridized carbons (Fsp3) is 0.226. The van der Waals surface area contributed by atoms with Crippen molar-refractivity contribution in [2.24, 2.45) is 0 Å². The van der Waals surface area contributed by atoms with Gasteiger partial charge < -0.3 is 29.4 Å². The number of hydrogen-bond donors (Lipinski definition) is 2. The maximum absolute atomic E-state index is 12.9. The van der Waals surface area contributed by atoms with E-state index in [2.05, 4.69) is 15.6 Å². The highest BCUT2D eigenvalue weighted by Crippen LogP contribution is 2.35. The van der Waals surface area contributed by atoms with E-state index in [9.17, 15) is 24.0 Å². The third-order valence-electron chi connectivity index (χ3n) is 6.46. The highest BCUT2D eigenvalue weighted by Gasteiger charge is 2.21. The Morgan fingerprint density at radius 2 is 1.89 bits per heavy atom. The fourth-order valence-electron chi connectivity index (χ4n) is 4.19. The number of para-hydroxylation sites is 1. The van der Waals surface area contributed by atoms with E-state index in [1.54, 1.807) is 49.4 Å². The van der Waals surface area contributed by atoms with Gasteiger partial charge in [0.05, 0.1) is 29.4 Å². The SMILES string of the molecule is CCOC(=O)Cn1c(=O)oc2c(OCc3c(Cl)ccc(N(C)C(=O)CNC(=O)/C=C/c4ccc(NC(C)=O)nc4)c3Cl)cccc21. The van der Waals surface area contributed by atoms with Gasteiger partial charge in [0.15, 0.2) is 11.3 Å². The van der Waals surface area contributed by atoms with E-state index in [1.807, 2.05) is 0 Å². The molecule has 240 valence electrons. The molecule has 0 unspecified atom stereocenters. The molecule has 0 saturated heterocycles. The second kappa shape index (κ2) is 15.2. The van der Waals surface area contributed by atoms with Gasteiger partial charge in [-0.1, -0.05) is 29.3 Å². The topological polar surface area (TPSA) is 162 Å². The molecule has 2 aromatic carbocycles. The number of likely N-dealkylation sites (N-methyl/N-ethyl adjacent to an activating group) is 1. The number of rotatable bonds is 12. The van der Waals surface area contributed by atoms with Gasteiger partial charge in [-0.15, -0.1) is 0 Å². The zero-order chi connectivity index (χ0) is 33.4. The van der Waals surface area contributed by atoms with Crippen LogP contribution in [0.1, 0.15) is 25.0 Å². The summed E-state index contributed by atoms with van der Waals surface area (Å²) in [6, 6.07) is 11.2. The minimum Gasteiger partial charge on any atom is -0.485 e. The van der Waals surface area contributed by atoms with Gasteiger partial charge >= 0.3 is 11.7 Å². The van der Waals surface area contributed by atoms with E-state index in [1.165, 1.54) is 37.2 Å². The number of carbonyl (C=O) groups excluding carboxylic acids is 4. The molecule has 2 aromatic heterocycles. The van der Waals surface area contributed by atoms with E-state index in [0.717, 1.165) is 4.57 Å². The van der Waals surface area contributed by atoms with Crippen LogP contribution in [0.25, 0.3) is 17.2 Å². The molecular weight excluding hydrogens is 641 g/mol. The van der Waals surface area contributed by atoms with Crippen LogP contribution in [0.5, 0.6) is 5.75 Å². The van der Waals surface area contributed by atoms with Crippen molar-refractivity contribution in [1.82, 2.24) is 14.9 Å². The Hall–Kier alpha value is -5.14. The number of anilines is 2. The highest BCUT2D eigenvalue weighted by molar-refractivity contribution is 6.38. The molecule has 2 heterocycles. The Labute approximate surface area is 272 Å². The minimum absolute atomic E-state index is 0.121. The molecule has 0 radical (unpaired) electrons. The predicted molar refractivity (Wildman–Crippen MR) is 172 cm³/mol. The number of fused-ring (bicyclic) bond motifs is 1. The number of halogens is 2. The van der Waals surface area contributed by atoms with Gasteiger partial charge in [-0.25, -0.2) is 9.78 Å². The van der Waals surface area contributed by atoms with Gasteiger partial charge in [-0.05, 0) is 55.0 Å². The molecule has 0 aliphatic carbocycles. The van der Waals surface area contributed by atoms with Crippen LogP contribution in [-0.4, -0.2) is 53.4 Å². The molecule has 0 bridgehead atoms. The van der Waals surface area contributed by atoms with E-state index < -0.39 is 23.5 Å². The summed E-state index contributed by atoms with van der Waals surface area (Å²) in [6.45, 7) is 2.40. The number of hydrogen-bond acceptors (Lipinski definition) is 9. The van der Waals surface area contributed by atoms with Crippen molar-refractivity contribution < 1.29 is 33.1 Å². The first-order valence-corrected chi connectivity index (χ1v) is 14.6. The first-order valence-electron chi connectivity index (χ1n) is 13.8. The van der Waals surface area contributed by atoms with Crippen molar-refractivity contribution in [2.75, 3.05) is 30.4 Å². The zero-order valence-corrected chi connectivity index (χ0v) is 26.5. The number of aromatic nitrogens is 2. The number of oxazole rings is 1. The normalized spacial score (nSPS) is 11.0. The number of pyridine rings is 1. The van der Waals surface area contributed by atoms with Gasteiger partial charge in [0.1, 0.15) is 19.0 Å². The quantitative estimate of drug-likeness (QED) is 0.166. The minimum atomic E-state index is -0.755. The van der Waals surface area contributed by atoms with Crippen molar-refractivity contribution in [3.05, 3.63) is 86.5 Å². The van der Waals surface area contributed by atoms with Crippen LogP contribution in [0.15, 0.2) is 63.9 Å². The summed E-state index contributed by atoms with van der Waals surface area (Å²) in [5.41, 5.74) is 1.74. The molecule has 0 aliphatic heterocycles. The first kappa shape index (κ1) is 33.7. The van der Waals surface area contributed by atoms with Gasteiger partial charge in [-0.3, -0.25) is 23.7 Å². The second-order valence-electron chi connectivity index (χ2n) is 9.67. The number of amides is 3. The molecule has 3 amide bonds. The molecule has 4 aromatic rings. The van der Waals surface area contributed by atoms with Crippen molar-refractivity contribution in [3.8, 4) is 5.75 Å². The third kappa shape index (κ3) is 8.31. The van der Waals surface area contributed by atoms with E-state index in [-0.39, 0.29) is 53.6 Å². The van der Waals surface area contributed by atoms with E-state index in [4.69, 9.17) is 37.1 Å². The van der Waals surface area contributed by atoms with Crippen LogP contribution < -0.4 is 26.0 Å². The number of carbonyl (C=O) groups is 4. The van der Waals surface area contributed by atoms with Crippen LogP contribution in [0.4, 0.5) is 11.5 Å². The number of benzene rings is 2. The second-order valence-corrected chi connectivity index (χ2v) is 10.5. The largest absolute Gasteiger partial charge is 0.485 e. The number of esters is 1. The number of nitrogens with zero attached hydrogens (tertiary/aromatic N) is 3. The predicted octanol–water partition coefficient (Wildman–Crippen LogP) is 4.19. The number of ether oxygens (including phenoxy) is 2. The van der Waals surface area contributed by atoms with Crippen molar-refractivity contribution >= 4 is 75.6 Å². The summed E-state index contributed by atoms with van der Waals surface area (Å²) in [6.07, 6.45) is 4.24. The Bertz CT molecular complexity index is 1870. The molecule has 0 fully saturated rings. The zero-order valence-electron chi connectivity index (χ0n) is 25.0. The summed E-state index contributed by atoms with van der Waals surface area (Å²) < 4.78 is 17.4. The third-order valence-corrected chi connectivity index (χ3v) is 7.23. The van der Waals surface area contributed by atoms with E-state index in [0.29, 0.717) is 28.1 Å². The average Bonchev–Trinajstić information content (AvgIpc) is 3.34. The Morgan fingerprint density at radius 1 is 1.11 bits per heavy atom. The molecule has 0 aliphatic rings. The Balaban J connectivity index is 1.40. The fourth-order valence-corrected chi connectivity index (χ4v) is 4.80. The standard InChI is InChI=1S/C31H29Cl2N5O8/c1-4-44-28(42)16-38-23-6-5-7-24(30(23)46-31(38)43)45-17-20-21(32)10-11-22(29(20)33)37(3)27(41)15-35-26(40)13-9-19-8-12-25(34-14-19)36-18(2)39/h5-14H,4,15-17H2,1-3H3,(H,35,40)(H,34,36,39)/b13-9+. The van der Waals surface area contributed by atoms with Crippen molar-refractivity contribution in [3.63, 3.8) is 0 Å². The van der Waals surface area contributed by atoms with Gasteiger partial charge in [0, 0.05) is 36.8 Å². The van der Waals surface area contributed by atoms with Crippen LogP contribution in [0.2, 0.25) is 10.0 Å². The van der Waals surface area contributed by atoms with E-state index >= 15 is 0 Å². The Kier molecular flexibility index (Phi) is 11.2. The average molecular weight is 671 g/mol. The molecule has 2 N–H and O–H groups in total. The Morgan fingerprint density at radius 3 is 2.59 bits per heavy atom. The van der Waals surface area contributed by atoms with Crippen molar-refractivity contribution in [2.45, 2.75) is 27.0 Å². The smallest absolute Gasteiger partial charge is 0.420 e. The summed E-state index contributed by atoms with van der Waals surface area (Å²) in [4.78, 5) is 66.1. The lowest BCUT2D eigenvalue weighted by molar-refractivity contribution is -0.143. The lowest BCUT2D eigenvalue weighted by Crippen LogP contribution is -2.37. The van der Waals surface area contributed by atoms with Gasteiger partial charge in [-0.2, -0.15) is 0 Å². The van der Waals surface area contributed by atoms with Crippen LogP contribution in [0, 0.1) is 0 Å². The maximum Gasteiger partial charge on any atom is 0.420 e. The number of nitrogens with one attached hydrogen (secondary N) is 2. The molecule has 0 saturated carbocycles. The van der Waals surface area contributed by atoms with Crippen LogP contribution in [0.3, 0.4) is 0 Å². The van der Waals surface area contributed by atoms with Crippen molar-refractivity contribution in [1.29, 1.82) is 0 Å².